The summed E-state index contributed by atoms with van der Waals surface area (Å²) in [4.78, 5) is 25.8. The molecule has 5 nitrogen and oxygen atoms in total. The van der Waals surface area contributed by atoms with Crippen LogP contribution < -0.4 is 9.64 Å². The summed E-state index contributed by atoms with van der Waals surface area (Å²) in [5, 5.41) is 9.55. The van der Waals surface area contributed by atoms with Gasteiger partial charge in [-0.2, -0.15) is 0 Å². The first-order chi connectivity index (χ1) is 14.5. The first-order valence-corrected chi connectivity index (χ1v) is 9.90. The maximum Gasteiger partial charge on any atom is 0.303 e. The molecule has 0 saturated heterocycles. The van der Waals surface area contributed by atoms with Gasteiger partial charge < -0.3 is 14.7 Å². The summed E-state index contributed by atoms with van der Waals surface area (Å²) in [6.45, 7) is 0.272. The van der Waals surface area contributed by atoms with E-state index < -0.39 is 5.97 Å². The number of methoxy groups -OCH3 is 1. The van der Waals surface area contributed by atoms with E-state index in [4.69, 9.17) is 21.4 Å². The molecule has 0 unspecified atom stereocenters. The average Bonchev–Trinajstić information content (AvgIpc) is 2.77. The van der Waals surface area contributed by atoms with E-state index in [2.05, 4.69) is 0 Å². The van der Waals surface area contributed by atoms with Gasteiger partial charge in [-0.15, -0.1) is 0 Å². The van der Waals surface area contributed by atoms with Crippen molar-refractivity contribution in [2.24, 2.45) is 0 Å². The van der Waals surface area contributed by atoms with E-state index in [0.717, 1.165) is 11.1 Å². The molecule has 1 amide bonds. The fraction of sp³-hybridized carbons (Fsp3) is 0.167. The predicted molar refractivity (Wildman–Crippen MR) is 118 cm³/mol. The van der Waals surface area contributed by atoms with Gasteiger partial charge >= 0.3 is 5.97 Å². The van der Waals surface area contributed by atoms with Gasteiger partial charge in [-0.3, -0.25) is 9.59 Å². The highest BCUT2D eigenvalue weighted by atomic mass is 35.5. The Kier molecular flexibility index (Phi) is 7.09. The van der Waals surface area contributed by atoms with Crippen LogP contribution in [-0.2, 0) is 4.79 Å². The van der Waals surface area contributed by atoms with Crippen LogP contribution in [0.3, 0.4) is 0 Å². The summed E-state index contributed by atoms with van der Waals surface area (Å²) in [5.74, 6) is -0.427. The smallest absolute Gasteiger partial charge is 0.303 e. The van der Waals surface area contributed by atoms with E-state index in [9.17, 15) is 9.59 Å². The summed E-state index contributed by atoms with van der Waals surface area (Å²) >= 11 is 5.95. The molecule has 0 atom stereocenters. The lowest BCUT2D eigenvalue weighted by Crippen LogP contribution is -2.32. The van der Waals surface area contributed by atoms with Gasteiger partial charge in [0.1, 0.15) is 5.75 Å². The van der Waals surface area contributed by atoms with Gasteiger partial charge in [0.2, 0.25) is 0 Å². The van der Waals surface area contributed by atoms with E-state index in [0.29, 0.717) is 28.4 Å². The number of anilines is 1. The van der Waals surface area contributed by atoms with E-state index in [-0.39, 0.29) is 18.9 Å². The normalized spacial score (nSPS) is 10.5. The standard InChI is InChI=1S/C24H22ClNO4/c1-30-22-14-13-20(16-21(22)17-6-3-2-4-7-17)26(15-5-8-23(27)28)24(29)18-9-11-19(25)12-10-18/h2-4,6-7,9-14,16H,5,8,15H2,1H3,(H,27,28). The Morgan fingerprint density at radius 2 is 1.70 bits per heavy atom. The molecule has 3 aromatic rings. The van der Waals surface area contributed by atoms with Crippen LogP contribution in [0.4, 0.5) is 5.69 Å². The lowest BCUT2D eigenvalue weighted by atomic mass is 10.0. The summed E-state index contributed by atoms with van der Waals surface area (Å²) in [6.07, 6.45) is 0.313. The van der Waals surface area contributed by atoms with E-state index in [1.165, 1.54) is 0 Å². The van der Waals surface area contributed by atoms with Crippen molar-refractivity contribution in [1.82, 2.24) is 0 Å². The molecule has 0 fully saturated rings. The predicted octanol–water partition coefficient (Wildman–Crippen LogP) is 5.53. The number of carboxylic acid groups (broad SMARTS) is 1. The number of nitrogens with zero attached hydrogens (tertiary/aromatic N) is 1. The SMILES string of the molecule is COc1ccc(N(CCCC(=O)O)C(=O)c2ccc(Cl)cc2)cc1-c1ccccc1. The molecule has 0 aliphatic carbocycles. The van der Waals surface area contributed by atoms with Gasteiger partial charge in [-0.25, -0.2) is 0 Å². The number of amides is 1. The van der Waals surface area contributed by atoms with E-state index in [1.54, 1.807) is 42.3 Å². The van der Waals surface area contributed by atoms with Crippen LogP contribution in [0.25, 0.3) is 11.1 Å². The van der Waals surface area contributed by atoms with Crippen molar-refractivity contribution in [2.75, 3.05) is 18.6 Å². The zero-order chi connectivity index (χ0) is 21.5. The molecule has 0 saturated carbocycles. The Morgan fingerprint density at radius 1 is 1.00 bits per heavy atom. The second-order valence-corrected chi connectivity index (χ2v) is 7.15. The highest BCUT2D eigenvalue weighted by Gasteiger charge is 2.20. The van der Waals surface area contributed by atoms with E-state index in [1.807, 2.05) is 42.5 Å². The number of ether oxygens (including phenoxy) is 1. The molecule has 0 heterocycles. The third-order valence-electron chi connectivity index (χ3n) is 4.69. The molecular weight excluding hydrogens is 402 g/mol. The van der Waals surface area contributed by atoms with Gasteiger partial charge in [-0.1, -0.05) is 41.9 Å². The zero-order valence-electron chi connectivity index (χ0n) is 16.5. The third kappa shape index (κ3) is 5.19. The number of rotatable bonds is 8. The van der Waals surface area contributed by atoms with Crippen LogP contribution in [0, 0.1) is 0 Å². The second kappa shape index (κ2) is 9.94. The number of hydrogen-bond acceptors (Lipinski definition) is 3. The summed E-state index contributed by atoms with van der Waals surface area (Å²) < 4.78 is 5.51. The highest BCUT2D eigenvalue weighted by molar-refractivity contribution is 6.30. The Bertz CT molecular complexity index is 1020. The highest BCUT2D eigenvalue weighted by Crippen LogP contribution is 2.34. The van der Waals surface area contributed by atoms with Crippen LogP contribution in [-0.4, -0.2) is 30.6 Å². The molecule has 0 aliphatic rings. The first-order valence-electron chi connectivity index (χ1n) is 9.52. The van der Waals surface area contributed by atoms with Crippen molar-refractivity contribution in [3.05, 3.63) is 83.4 Å². The first kappa shape index (κ1) is 21.4. The Labute approximate surface area is 180 Å². The molecule has 30 heavy (non-hydrogen) atoms. The maximum absolute atomic E-state index is 13.2. The minimum atomic E-state index is -0.895. The van der Waals surface area contributed by atoms with Crippen LogP contribution in [0.15, 0.2) is 72.8 Å². The van der Waals surface area contributed by atoms with Crippen LogP contribution >= 0.6 is 11.6 Å². The molecule has 6 heteroatoms. The number of carboxylic acids is 1. The quantitative estimate of drug-likeness (QED) is 0.517. The molecular formula is C24H22ClNO4. The second-order valence-electron chi connectivity index (χ2n) is 6.71. The minimum Gasteiger partial charge on any atom is -0.496 e. The molecule has 3 rings (SSSR count). The topological polar surface area (TPSA) is 66.8 Å². The van der Waals surface area contributed by atoms with Crippen molar-refractivity contribution in [3.8, 4) is 16.9 Å². The van der Waals surface area contributed by atoms with Crippen molar-refractivity contribution in [1.29, 1.82) is 0 Å². The zero-order valence-corrected chi connectivity index (χ0v) is 17.3. The number of hydrogen-bond donors (Lipinski definition) is 1. The third-order valence-corrected chi connectivity index (χ3v) is 4.94. The fourth-order valence-corrected chi connectivity index (χ4v) is 3.32. The van der Waals surface area contributed by atoms with Gasteiger partial charge in [0.25, 0.3) is 5.91 Å². The molecule has 154 valence electrons. The van der Waals surface area contributed by atoms with Crippen molar-refractivity contribution in [3.63, 3.8) is 0 Å². The average molecular weight is 424 g/mol. The van der Waals surface area contributed by atoms with Crippen LogP contribution in [0.1, 0.15) is 23.2 Å². The molecule has 3 aromatic carbocycles. The number of benzene rings is 3. The lowest BCUT2D eigenvalue weighted by molar-refractivity contribution is -0.137. The Balaban J connectivity index is 2.00. The molecule has 0 radical (unpaired) electrons. The maximum atomic E-state index is 13.2. The van der Waals surface area contributed by atoms with Gasteiger partial charge in [0, 0.05) is 34.8 Å². The van der Waals surface area contributed by atoms with Crippen molar-refractivity contribution < 1.29 is 19.4 Å². The van der Waals surface area contributed by atoms with Crippen molar-refractivity contribution in [2.45, 2.75) is 12.8 Å². The van der Waals surface area contributed by atoms with Crippen LogP contribution in [0.5, 0.6) is 5.75 Å². The van der Waals surface area contributed by atoms with Gasteiger partial charge in [0.15, 0.2) is 0 Å². The molecule has 0 aliphatic heterocycles. The number of aliphatic carboxylic acids is 1. The molecule has 0 aromatic heterocycles. The largest absolute Gasteiger partial charge is 0.496 e. The Morgan fingerprint density at radius 3 is 2.33 bits per heavy atom. The number of halogens is 1. The van der Waals surface area contributed by atoms with Crippen LogP contribution in [0.2, 0.25) is 5.02 Å². The van der Waals surface area contributed by atoms with Crippen molar-refractivity contribution >= 4 is 29.2 Å². The molecule has 1 N–H and O–H groups in total. The Hall–Kier alpha value is -3.31. The molecule has 0 spiro atoms. The number of carbonyl (C=O) groups excluding carboxylic acids is 1. The molecule has 0 bridgehead atoms. The van der Waals surface area contributed by atoms with Gasteiger partial charge in [0.05, 0.1) is 7.11 Å². The van der Waals surface area contributed by atoms with E-state index >= 15 is 0 Å². The summed E-state index contributed by atoms with van der Waals surface area (Å²) in [5.41, 5.74) is 2.95. The summed E-state index contributed by atoms with van der Waals surface area (Å²) in [7, 11) is 1.60. The van der Waals surface area contributed by atoms with Gasteiger partial charge in [-0.05, 0) is 54.4 Å². The fourth-order valence-electron chi connectivity index (χ4n) is 3.19. The summed E-state index contributed by atoms with van der Waals surface area (Å²) in [6, 6.07) is 21.9. The number of carbonyl (C=O) groups is 2. The monoisotopic (exact) mass is 423 g/mol. The minimum absolute atomic E-state index is 0.0217. The lowest BCUT2D eigenvalue weighted by Gasteiger charge is -2.24.